The second kappa shape index (κ2) is 8.76. The molecule has 0 aromatic heterocycles. The third-order valence-corrected chi connectivity index (χ3v) is 3.38. The Morgan fingerprint density at radius 3 is 2.25 bits per heavy atom. The Balaban J connectivity index is 1.82. The summed E-state index contributed by atoms with van der Waals surface area (Å²) in [5.41, 5.74) is 0.948. The van der Waals surface area contributed by atoms with Crippen LogP contribution in [0.2, 0.25) is 0 Å². The van der Waals surface area contributed by atoms with E-state index in [1.54, 1.807) is 30.3 Å². The first-order valence-electron chi connectivity index (χ1n) is 7.49. The van der Waals surface area contributed by atoms with Gasteiger partial charge in [-0.3, -0.25) is 4.79 Å². The second-order valence-corrected chi connectivity index (χ2v) is 5.01. The minimum absolute atomic E-state index is 0.153. The highest BCUT2D eigenvalue weighted by atomic mass is 19.1. The largest absolute Gasteiger partial charge is 0.493 e. The number of hydrogen-bond acceptors (Lipinski definition) is 4. The average molecular weight is 333 g/mol. The summed E-state index contributed by atoms with van der Waals surface area (Å²) in [6.45, 7) is 0.289. The van der Waals surface area contributed by atoms with E-state index in [9.17, 15) is 9.18 Å². The molecule has 2 aromatic carbocycles. The van der Waals surface area contributed by atoms with Crippen LogP contribution in [0.4, 0.5) is 4.39 Å². The molecule has 128 valence electrons. The Hall–Kier alpha value is -2.76. The summed E-state index contributed by atoms with van der Waals surface area (Å²) in [4.78, 5) is 11.9. The topological polar surface area (TPSA) is 56.8 Å². The monoisotopic (exact) mass is 333 g/mol. The van der Waals surface area contributed by atoms with Crippen molar-refractivity contribution in [1.29, 1.82) is 0 Å². The van der Waals surface area contributed by atoms with Crippen LogP contribution in [0.5, 0.6) is 17.2 Å². The van der Waals surface area contributed by atoms with E-state index in [-0.39, 0.29) is 18.3 Å². The molecule has 1 N–H and O–H groups in total. The lowest BCUT2D eigenvalue weighted by molar-refractivity contribution is -0.123. The third-order valence-electron chi connectivity index (χ3n) is 3.38. The molecule has 0 saturated heterocycles. The summed E-state index contributed by atoms with van der Waals surface area (Å²) < 4.78 is 28.7. The van der Waals surface area contributed by atoms with Crippen LogP contribution >= 0.6 is 0 Å². The van der Waals surface area contributed by atoms with Gasteiger partial charge >= 0.3 is 0 Å². The van der Waals surface area contributed by atoms with E-state index in [0.717, 1.165) is 5.56 Å². The molecule has 0 bridgehead atoms. The first-order chi connectivity index (χ1) is 11.6. The predicted octanol–water partition coefficient (Wildman–Crippen LogP) is 2.58. The van der Waals surface area contributed by atoms with Crippen LogP contribution in [-0.2, 0) is 11.2 Å². The number of amides is 1. The van der Waals surface area contributed by atoms with Gasteiger partial charge in [0, 0.05) is 6.54 Å². The van der Waals surface area contributed by atoms with E-state index in [1.807, 2.05) is 0 Å². The number of ether oxygens (including phenoxy) is 3. The Kier molecular flexibility index (Phi) is 6.42. The van der Waals surface area contributed by atoms with Gasteiger partial charge in [0.25, 0.3) is 5.91 Å². The molecule has 0 radical (unpaired) electrons. The van der Waals surface area contributed by atoms with Crippen LogP contribution in [0, 0.1) is 5.82 Å². The summed E-state index contributed by atoms with van der Waals surface area (Å²) in [7, 11) is 3.04. The van der Waals surface area contributed by atoms with Crippen molar-refractivity contribution in [3.05, 3.63) is 53.8 Å². The maximum absolute atomic E-state index is 12.8. The summed E-state index contributed by atoms with van der Waals surface area (Å²) in [5, 5.41) is 2.75. The lowest BCUT2D eigenvalue weighted by atomic mass is 10.1. The Bertz CT molecular complexity index is 651. The van der Waals surface area contributed by atoms with E-state index >= 15 is 0 Å². The molecule has 24 heavy (non-hydrogen) atoms. The van der Waals surface area contributed by atoms with Gasteiger partial charge in [-0.25, -0.2) is 4.39 Å². The zero-order chi connectivity index (χ0) is 17.4. The number of nitrogens with one attached hydrogen (secondary N) is 1. The number of carbonyl (C=O) groups excluding carboxylic acids is 1. The van der Waals surface area contributed by atoms with Crippen molar-refractivity contribution in [2.24, 2.45) is 0 Å². The smallest absolute Gasteiger partial charge is 0.257 e. The molecule has 6 heteroatoms. The number of methoxy groups -OCH3 is 2. The fraction of sp³-hybridized carbons (Fsp3) is 0.278. The van der Waals surface area contributed by atoms with Gasteiger partial charge in [0.1, 0.15) is 5.82 Å². The van der Waals surface area contributed by atoms with Crippen molar-refractivity contribution in [1.82, 2.24) is 5.32 Å². The van der Waals surface area contributed by atoms with Crippen molar-refractivity contribution in [2.45, 2.75) is 6.42 Å². The molecular weight excluding hydrogens is 313 g/mol. The van der Waals surface area contributed by atoms with Gasteiger partial charge in [0.15, 0.2) is 18.1 Å². The first kappa shape index (κ1) is 17.6. The van der Waals surface area contributed by atoms with Gasteiger partial charge in [-0.2, -0.15) is 0 Å². The summed E-state index contributed by atoms with van der Waals surface area (Å²) in [6, 6.07) is 11.4. The highest BCUT2D eigenvalue weighted by molar-refractivity contribution is 5.77. The highest BCUT2D eigenvalue weighted by Crippen LogP contribution is 2.36. The minimum atomic E-state index is -0.276. The molecule has 2 aromatic rings. The molecule has 0 atom stereocenters. The minimum Gasteiger partial charge on any atom is -0.493 e. The predicted molar refractivity (Wildman–Crippen MR) is 88.2 cm³/mol. The van der Waals surface area contributed by atoms with Crippen molar-refractivity contribution < 1.29 is 23.4 Å². The molecule has 0 aliphatic rings. The van der Waals surface area contributed by atoms with E-state index in [1.165, 1.54) is 26.4 Å². The molecule has 0 aliphatic heterocycles. The number of rotatable bonds is 8. The van der Waals surface area contributed by atoms with Crippen LogP contribution in [0.3, 0.4) is 0 Å². The number of halogens is 1. The van der Waals surface area contributed by atoms with E-state index in [0.29, 0.717) is 30.2 Å². The van der Waals surface area contributed by atoms with Gasteiger partial charge in [-0.05, 0) is 36.2 Å². The van der Waals surface area contributed by atoms with Crippen molar-refractivity contribution >= 4 is 5.91 Å². The first-order valence-corrected chi connectivity index (χ1v) is 7.49. The lowest BCUT2D eigenvalue weighted by Crippen LogP contribution is -2.30. The standard InChI is InChI=1S/C18H20FNO4/c1-22-15-4-3-5-16(23-2)18(15)24-12-17(21)20-11-10-13-6-8-14(19)9-7-13/h3-9H,10-12H2,1-2H3,(H,20,21). The number of benzene rings is 2. The SMILES string of the molecule is COc1cccc(OC)c1OCC(=O)NCCc1ccc(F)cc1. The van der Waals surface area contributed by atoms with E-state index < -0.39 is 0 Å². The van der Waals surface area contributed by atoms with Crippen molar-refractivity contribution in [3.8, 4) is 17.2 Å². The zero-order valence-corrected chi connectivity index (χ0v) is 13.7. The molecule has 5 nitrogen and oxygen atoms in total. The molecule has 0 spiro atoms. The molecular formula is C18H20FNO4. The van der Waals surface area contributed by atoms with Gasteiger partial charge in [0.2, 0.25) is 5.75 Å². The third kappa shape index (κ3) is 4.87. The number of hydrogen-bond donors (Lipinski definition) is 1. The molecule has 2 rings (SSSR count). The average Bonchev–Trinajstić information content (AvgIpc) is 2.61. The normalized spacial score (nSPS) is 10.1. The number of para-hydroxylation sites is 1. The van der Waals surface area contributed by atoms with Crippen LogP contribution in [-0.4, -0.2) is 33.3 Å². The van der Waals surface area contributed by atoms with Crippen LogP contribution in [0.25, 0.3) is 0 Å². The molecule has 0 fully saturated rings. The number of carbonyl (C=O) groups is 1. The second-order valence-electron chi connectivity index (χ2n) is 5.01. The quantitative estimate of drug-likeness (QED) is 0.807. The molecule has 0 unspecified atom stereocenters. The maximum atomic E-state index is 12.8. The van der Waals surface area contributed by atoms with Crippen molar-refractivity contribution in [3.63, 3.8) is 0 Å². The lowest BCUT2D eigenvalue weighted by Gasteiger charge is -2.14. The van der Waals surface area contributed by atoms with Gasteiger partial charge in [0.05, 0.1) is 14.2 Å². The fourth-order valence-corrected chi connectivity index (χ4v) is 2.15. The molecule has 1 amide bonds. The molecule has 0 aliphatic carbocycles. The highest BCUT2D eigenvalue weighted by Gasteiger charge is 2.13. The van der Waals surface area contributed by atoms with Crippen molar-refractivity contribution in [2.75, 3.05) is 27.4 Å². The van der Waals surface area contributed by atoms with Crippen LogP contribution in [0.1, 0.15) is 5.56 Å². The van der Waals surface area contributed by atoms with Crippen LogP contribution < -0.4 is 19.5 Å². The van der Waals surface area contributed by atoms with E-state index in [2.05, 4.69) is 5.32 Å². The Morgan fingerprint density at radius 1 is 1.04 bits per heavy atom. The Morgan fingerprint density at radius 2 is 1.67 bits per heavy atom. The molecule has 0 heterocycles. The Labute approximate surface area is 140 Å². The summed E-state index contributed by atoms with van der Waals surface area (Å²) >= 11 is 0. The van der Waals surface area contributed by atoms with Gasteiger partial charge < -0.3 is 19.5 Å². The van der Waals surface area contributed by atoms with Gasteiger partial charge in [-0.15, -0.1) is 0 Å². The summed E-state index contributed by atoms with van der Waals surface area (Å²) in [6.07, 6.45) is 0.615. The molecule has 0 saturated carbocycles. The van der Waals surface area contributed by atoms with E-state index in [4.69, 9.17) is 14.2 Å². The zero-order valence-electron chi connectivity index (χ0n) is 13.7. The van der Waals surface area contributed by atoms with Crippen LogP contribution in [0.15, 0.2) is 42.5 Å². The fourth-order valence-electron chi connectivity index (χ4n) is 2.15. The summed E-state index contributed by atoms with van der Waals surface area (Å²) in [5.74, 6) is 0.838. The maximum Gasteiger partial charge on any atom is 0.257 e. The van der Waals surface area contributed by atoms with Gasteiger partial charge in [-0.1, -0.05) is 18.2 Å².